The van der Waals surface area contributed by atoms with Crippen LogP contribution in [0.15, 0.2) is 24.3 Å². The molecule has 1 amide bonds. The first kappa shape index (κ1) is 17.8. The molecule has 132 valence electrons. The average molecular weight is 359 g/mol. The van der Waals surface area contributed by atoms with Crippen LogP contribution < -0.4 is 10.6 Å². The Morgan fingerprint density at radius 2 is 1.92 bits per heavy atom. The minimum atomic E-state index is -0.377. The first-order valence-electron chi connectivity index (χ1n) is 8.16. The molecule has 3 N–H and O–H groups in total. The third-order valence-corrected chi connectivity index (χ3v) is 5.85. The molecule has 4 nitrogen and oxygen atoms in total. The number of thiophene rings is 1. The van der Waals surface area contributed by atoms with E-state index in [0.717, 1.165) is 22.4 Å². The monoisotopic (exact) mass is 359 g/mol. The Hall–Kier alpha value is -2.05. The average Bonchev–Trinajstić information content (AvgIpc) is 2.83. The molecule has 0 spiro atoms. The summed E-state index contributed by atoms with van der Waals surface area (Å²) in [7, 11) is 0. The largest absolute Gasteiger partial charge is 0.313 e. The molecule has 0 saturated heterocycles. The SMILES string of the molecule is CC1(C)Cc2c(sc(NC(=O)c3ccc(F)cc3)c2C=N)C(C)(C)N1. The van der Waals surface area contributed by atoms with E-state index in [9.17, 15) is 9.18 Å². The highest BCUT2D eigenvalue weighted by Crippen LogP contribution is 2.44. The van der Waals surface area contributed by atoms with Crippen molar-refractivity contribution in [2.24, 2.45) is 0 Å². The lowest BCUT2D eigenvalue weighted by atomic mass is 9.81. The summed E-state index contributed by atoms with van der Waals surface area (Å²) in [5.41, 5.74) is 1.94. The molecule has 1 aliphatic heterocycles. The van der Waals surface area contributed by atoms with E-state index in [1.807, 2.05) is 0 Å². The number of benzene rings is 1. The summed E-state index contributed by atoms with van der Waals surface area (Å²) in [4.78, 5) is 13.6. The Balaban J connectivity index is 1.98. The number of fused-ring (bicyclic) bond motifs is 1. The lowest BCUT2D eigenvalue weighted by Gasteiger charge is -2.42. The van der Waals surface area contributed by atoms with Crippen molar-refractivity contribution in [2.45, 2.75) is 45.2 Å². The van der Waals surface area contributed by atoms with Gasteiger partial charge in [-0.1, -0.05) is 0 Å². The van der Waals surface area contributed by atoms with Gasteiger partial charge in [-0.25, -0.2) is 4.39 Å². The van der Waals surface area contributed by atoms with Crippen molar-refractivity contribution in [1.82, 2.24) is 5.32 Å². The minimum Gasteiger partial charge on any atom is -0.313 e. The first-order valence-corrected chi connectivity index (χ1v) is 8.97. The van der Waals surface area contributed by atoms with E-state index in [-0.39, 0.29) is 22.8 Å². The van der Waals surface area contributed by atoms with Gasteiger partial charge in [0.25, 0.3) is 5.91 Å². The molecule has 0 bridgehead atoms. The van der Waals surface area contributed by atoms with Crippen LogP contribution in [0.25, 0.3) is 0 Å². The number of rotatable bonds is 3. The fourth-order valence-corrected chi connectivity index (χ4v) is 4.82. The standard InChI is InChI=1S/C19H22FN3OS/c1-18(2)9-13-14(10-21)17(25-15(13)19(3,4)23-18)22-16(24)11-5-7-12(20)8-6-11/h5-8,10,21,23H,9H2,1-4H3,(H,22,24). The Kier molecular flexibility index (Phi) is 4.29. The summed E-state index contributed by atoms with van der Waals surface area (Å²) in [5, 5.41) is 15.0. The van der Waals surface area contributed by atoms with Gasteiger partial charge >= 0.3 is 0 Å². The highest BCUT2D eigenvalue weighted by molar-refractivity contribution is 7.17. The van der Waals surface area contributed by atoms with Gasteiger partial charge in [0.1, 0.15) is 10.8 Å². The number of nitrogens with one attached hydrogen (secondary N) is 3. The van der Waals surface area contributed by atoms with E-state index >= 15 is 0 Å². The third kappa shape index (κ3) is 3.37. The van der Waals surface area contributed by atoms with Crippen molar-refractivity contribution in [2.75, 3.05) is 5.32 Å². The number of amides is 1. The van der Waals surface area contributed by atoms with Crippen LogP contribution in [0.4, 0.5) is 9.39 Å². The molecule has 1 aromatic carbocycles. The second kappa shape index (κ2) is 6.04. The van der Waals surface area contributed by atoms with Gasteiger partial charge in [0.2, 0.25) is 0 Å². The molecule has 1 aromatic heterocycles. The lowest BCUT2D eigenvalue weighted by molar-refractivity contribution is 0.102. The highest BCUT2D eigenvalue weighted by atomic mass is 32.1. The van der Waals surface area contributed by atoms with Crippen LogP contribution in [-0.4, -0.2) is 17.7 Å². The van der Waals surface area contributed by atoms with Crippen LogP contribution in [0, 0.1) is 11.2 Å². The molecular weight excluding hydrogens is 337 g/mol. The molecule has 2 aromatic rings. The third-order valence-electron chi connectivity index (χ3n) is 4.36. The van der Waals surface area contributed by atoms with Crippen LogP contribution in [-0.2, 0) is 12.0 Å². The quantitative estimate of drug-likeness (QED) is 0.716. The number of carbonyl (C=O) groups excluding carboxylic acids is 1. The Morgan fingerprint density at radius 3 is 2.52 bits per heavy atom. The number of carbonyl (C=O) groups is 1. The van der Waals surface area contributed by atoms with Gasteiger partial charge in [-0.05, 0) is 63.9 Å². The minimum absolute atomic E-state index is 0.0897. The summed E-state index contributed by atoms with van der Waals surface area (Å²) in [6.45, 7) is 8.50. The molecule has 0 radical (unpaired) electrons. The molecule has 1 aliphatic rings. The predicted molar refractivity (Wildman–Crippen MR) is 101 cm³/mol. The summed E-state index contributed by atoms with van der Waals surface area (Å²) >= 11 is 1.50. The van der Waals surface area contributed by atoms with Crippen LogP contribution in [0.1, 0.15) is 54.1 Å². The highest BCUT2D eigenvalue weighted by Gasteiger charge is 2.40. The number of hydrogen-bond donors (Lipinski definition) is 3. The zero-order valence-electron chi connectivity index (χ0n) is 14.8. The van der Waals surface area contributed by atoms with Crippen molar-refractivity contribution >= 4 is 28.5 Å². The molecule has 0 saturated carbocycles. The van der Waals surface area contributed by atoms with Gasteiger partial charge in [-0.3, -0.25) is 4.79 Å². The molecule has 0 aliphatic carbocycles. The number of anilines is 1. The van der Waals surface area contributed by atoms with Crippen molar-refractivity contribution in [3.8, 4) is 0 Å². The molecule has 0 fully saturated rings. The van der Waals surface area contributed by atoms with E-state index < -0.39 is 0 Å². The fourth-order valence-electron chi connectivity index (χ4n) is 3.57. The van der Waals surface area contributed by atoms with E-state index in [4.69, 9.17) is 5.41 Å². The Bertz CT molecular complexity index is 837. The zero-order chi connectivity index (χ0) is 18.4. The summed E-state index contributed by atoms with van der Waals surface area (Å²) in [6, 6.07) is 5.44. The number of halogens is 1. The normalized spacial score (nSPS) is 17.6. The van der Waals surface area contributed by atoms with Gasteiger partial charge in [0.15, 0.2) is 0 Å². The second-order valence-electron chi connectivity index (χ2n) is 7.57. The molecule has 3 rings (SSSR count). The topological polar surface area (TPSA) is 65.0 Å². The van der Waals surface area contributed by atoms with Crippen LogP contribution >= 0.6 is 11.3 Å². The van der Waals surface area contributed by atoms with Crippen molar-refractivity contribution in [3.05, 3.63) is 51.7 Å². The molecule has 0 unspecified atom stereocenters. The van der Waals surface area contributed by atoms with E-state index in [1.54, 1.807) is 0 Å². The second-order valence-corrected chi connectivity index (χ2v) is 8.59. The molecule has 0 atom stereocenters. The van der Waals surface area contributed by atoms with Crippen molar-refractivity contribution < 1.29 is 9.18 Å². The van der Waals surface area contributed by atoms with Crippen LogP contribution in [0.2, 0.25) is 0 Å². The Labute approximate surface area is 151 Å². The van der Waals surface area contributed by atoms with E-state index in [1.165, 1.54) is 41.8 Å². The van der Waals surface area contributed by atoms with Gasteiger partial charge in [0.05, 0.1) is 0 Å². The zero-order valence-corrected chi connectivity index (χ0v) is 15.6. The van der Waals surface area contributed by atoms with Crippen LogP contribution in [0.3, 0.4) is 0 Å². The summed E-state index contributed by atoms with van der Waals surface area (Å²) < 4.78 is 13.0. The van der Waals surface area contributed by atoms with Gasteiger partial charge in [-0.2, -0.15) is 0 Å². The molecule has 2 heterocycles. The fraction of sp³-hybridized carbons (Fsp3) is 0.368. The summed E-state index contributed by atoms with van der Waals surface area (Å²) in [5.74, 6) is -0.676. The maximum atomic E-state index is 13.0. The molecule has 6 heteroatoms. The molecule has 25 heavy (non-hydrogen) atoms. The lowest BCUT2D eigenvalue weighted by Crippen LogP contribution is -2.54. The van der Waals surface area contributed by atoms with E-state index in [2.05, 4.69) is 38.3 Å². The van der Waals surface area contributed by atoms with Gasteiger partial charge in [-0.15, -0.1) is 11.3 Å². The predicted octanol–water partition coefficient (Wildman–Crippen LogP) is 4.30. The van der Waals surface area contributed by atoms with E-state index in [0.29, 0.717) is 10.6 Å². The van der Waals surface area contributed by atoms with Gasteiger partial charge < -0.3 is 16.0 Å². The number of hydrogen-bond acceptors (Lipinski definition) is 4. The Morgan fingerprint density at radius 1 is 1.28 bits per heavy atom. The maximum Gasteiger partial charge on any atom is 0.256 e. The molecular formula is C19H22FN3OS. The van der Waals surface area contributed by atoms with Crippen molar-refractivity contribution in [1.29, 1.82) is 5.41 Å². The smallest absolute Gasteiger partial charge is 0.256 e. The van der Waals surface area contributed by atoms with Crippen LogP contribution in [0.5, 0.6) is 0 Å². The summed E-state index contributed by atoms with van der Waals surface area (Å²) in [6.07, 6.45) is 2.10. The van der Waals surface area contributed by atoms with Gasteiger partial charge in [0, 0.05) is 33.3 Å². The maximum absolute atomic E-state index is 13.0. The first-order chi connectivity index (χ1) is 11.6. The van der Waals surface area contributed by atoms with Crippen molar-refractivity contribution in [3.63, 3.8) is 0 Å².